The number of rotatable bonds is 3. The Hall–Kier alpha value is -0.930. The zero-order chi connectivity index (χ0) is 10.7. The van der Waals surface area contributed by atoms with Gasteiger partial charge in [-0.2, -0.15) is 0 Å². The van der Waals surface area contributed by atoms with Crippen LogP contribution in [-0.2, 0) is 10.8 Å². The molecule has 1 rings (SSSR count). The summed E-state index contributed by atoms with van der Waals surface area (Å²) in [5.41, 5.74) is 1.12. The SMILES string of the molecule is C=C([C@@H](C)O)S(=O)c1ccc(C)cc1. The van der Waals surface area contributed by atoms with E-state index in [0.29, 0.717) is 9.80 Å². The highest BCUT2D eigenvalue weighted by Gasteiger charge is 2.12. The van der Waals surface area contributed by atoms with Crippen LogP contribution >= 0.6 is 0 Å². The average molecular weight is 210 g/mol. The maximum Gasteiger partial charge on any atom is 0.0843 e. The summed E-state index contributed by atoms with van der Waals surface area (Å²) < 4.78 is 11.7. The molecule has 0 amide bonds. The molecule has 0 aliphatic heterocycles. The molecule has 0 aromatic heterocycles. The molecule has 1 aromatic carbocycles. The second kappa shape index (κ2) is 4.53. The molecule has 0 saturated carbocycles. The van der Waals surface area contributed by atoms with Gasteiger partial charge in [0.05, 0.1) is 16.9 Å². The fourth-order valence-electron chi connectivity index (χ4n) is 0.968. The van der Waals surface area contributed by atoms with Crippen LogP contribution in [0.1, 0.15) is 12.5 Å². The minimum Gasteiger partial charge on any atom is -0.388 e. The van der Waals surface area contributed by atoms with Crippen molar-refractivity contribution in [2.24, 2.45) is 0 Å². The Kier molecular flexibility index (Phi) is 3.61. The zero-order valence-electron chi connectivity index (χ0n) is 8.36. The lowest BCUT2D eigenvalue weighted by atomic mass is 10.2. The molecule has 3 heteroatoms. The third-order valence-corrected chi connectivity index (χ3v) is 3.46. The van der Waals surface area contributed by atoms with Gasteiger partial charge in [-0.3, -0.25) is 0 Å². The largest absolute Gasteiger partial charge is 0.388 e. The van der Waals surface area contributed by atoms with Crippen molar-refractivity contribution in [3.05, 3.63) is 41.3 Å². The molecule has 1 aromatic rings. The number of aliphatic hydroxyl groups excluding tert-OH is 1. The zero-order valence-corrected chi connectivity index (χ0v) is 9.17. The van der Waals surface area contributed by atoms with Gasteiger partial charge in [0.2, 0.25) is 0 Å². The van der Waals surface area contributed by atoms with E-state index < -0.39 is 16.9 Å². The maximum atomic E-state index is 11.7. The van der Waals surface area contributed by atoms with Gasteiger partial charge in [0, 0.05) is 9.80 Å². The lowest BCUT2D eigenvalue weighted by Gasteiger charge is -2.08. The van der Waals surface area contributed by atoms with Crippen molar-refractivity contribution < 1.29 is 9.32 Å². The molecule has 1 unspecified atom stereocenters. The van der Waals surface area contributed by atoms with E-state index in [1.807, 2.05) is 19.1 Å². The molecule has 2 atom stereocenters. The molecule has 0 aliphatic carbocycles. The monoisotopic (exact) mass is 210 g/mol. The highest BCUT2D eigenvalue weighted by atomic mass is 32.2. The van der Waals surface area contributed by atoms with E-state index in [1.165, 1.54) is 0 Å². The van der Waals surface area contributed by atoms with Gasteiger partial charge >= 0.3 is 0 Å². The van der Waals surface area contributed by atoms with Crippen LogP contribution < -0.4 is 0 Å². The minimum atomic E-state index is -1.31. The topological polar surface area (TPSA) is 37.3 Å². The summed E-state index contributed by atoms with van der Waals surface area (Å²) in [6.07, 6.45) is -0.739. The first kappa shape index (κ1) is 11.1. The van der Waals surface area contributed by atoms with Gasteiger partial charge in [-0.05, 0) is 26.0 Å². The number of hydrogen-bond acceptors (Lipinski definition) is 2. The van der Waals surface area contributed by atoms with Crippen molar-refractivity contribution in [3.63, 3.8) is 0 Å². The smallest absolute Gasteiger partial charge is 0.0843 e. The predicted octanol–water partition coefficient (Wildman–Crippen LogP) is 2.00. The molecule has 0 radical (unpaired) electrons. The number of hydrogen-bond donors (Lipinski definition) is 1. The summed E-state index contributed by atoms with van der Waals surface area (Å²) in [6.45, 7) is 7.14. The van der Waals surface area contributed by atoms with Crippen LogP contribution in [0.25, 0.3) is 0 Å². The third kappa shape index (κ3) is 2.53. The Balaban J connectivity index is 2.90. The summed E-state index contributed by atoms with van der Waals surface area (Å²) in [4.78, 5) is 1.02. The standard InChI is InChI=1S/C11H14O2S/c1-8-4-6-11(7-5-8)14(13)10(3)9(2)12/h4-7,9,12H,3H2,1-2H3/t9-,14?/m1/s1. The van der Waals surface area contributed by atoms with Crippen molar-refractivity contribution in [3.8, 4) is 0 Å². The molecule has 14 heavy (non-hydrogen) atoms. The van der Waals surface area contributed by atoms with E-state index in [1.54, 1.807) is 19.1 Å². The second-order valence-electron chi connectivity index (χ2n) is 3.22. The lowest BCUT2D eigenvalue weighted by molar-refractivity contribution is 0.240. The van der Waals surface area contributed by atoms with Crippen molar-refractivity contribution in [2.75, 3.05) is 0 Å². The highest BCUT2D eigenvalue weighted by Crippen LogP contribution is 2.16. The van der Waals surface area contributed by atoms with Gasteiger partial charge in [-0.1, -0.05) is 24.3 Å². The van der Waals surface area contributed by atoms with Gasteiger partial charge in [0.25, 0.3) is 0 Å². The summed E-state index contributed by atoms with van der Waals surface area (Å²) in [7, 11) is -1.31. The first-order valence-corrected chi connectivity index (χ1v) is 5.52. The van der Waals surface area contributed by atoms with Crippen molar-refractivity contribution in [1.82, 2.24) is 0 Å². The van der Waals surface area contributed by atoms with E-state index in [-0.39, 0.29) is 0 Å². The van der Waals surface area contributed by atoms with Gasteiger partial charge in [0.15, 0.2) is 0 Å². The lowest BCUT2D eigenvalue weighted by Crippen LogP contribution is -2.08. The van der Waals surface area contributed by atoms with Crippen molar-refractivity contribution in [2.45, 2.75) is 24.8 Å². The van der Waals surface area contributed by atoms with Crippen LogP contribution in [-0.4, -0.2) is 15.4 Å². The van der Waals surface area contributed by atoms with Crippen LogP contribution in [0, 0.1) is 6.92 Å². The van der Waals surface area contributed by atoms with Gasteiger partial charge < -0.3 is 5.11 Å². The Morgan fingerprint density at radius 3 is 2.36 bits per heavy atom. The molecule has 0 fully saturated rings. The van der Waals surface area contributed by atoms with Crippen LogP contribution in [0.3, 0.4) is 0 Å². The van der Waals surface area contributed by atoms with E-state index in [2.05, 4.69) is 6.58 Å². The molecule has 0 aliphatic rings. The normalized spacial score (nSPS) is 14.8. The molecule has 0 saturated heterocycles. The Morgan fingerprint density at radius 2 is 1.93 bits per heavy atom. The molecule has 0 bridgehead atoms. The first-order chi connectivity index (χ1) is 6.52. The van der Waals surface area contributed by atoms with E-state index in [9.17, 15) is 9.32 Å². The molecule has 76 valence electrons. The van der Waals surface area contributed by atoms with Gasteiger partial charge in [-0.25, -0.2) is 4.21 Å². The maximum absolute atomic E-state index is 11.7. The second-order valence-corrected chi connectivity index (χ2v) is 4.76. The molecular weight excluding hydrogens is 196 g/mol. The fourth-order valence-corrected chi connectivity index (χ4v) is 1.96. The van der Waals surface area contributed by atoms with Crippen molar-refractivity contribution >= 4 is 10.8 Å². The Labute approximate surface area is 86.7 Å². The Bertz CT molecular complexity index is 352. The summed E-state index contributed by atoms with van der Waals surface area (Å²) in [5.74, 6) is 0. The summed E-state index contributed by atoms with van der Waals surface area (Å²) in [5, 5.41) is 9.21. The van der Waals surface area contributed by atoms with Crippen molar-refractivity contribution in [1.29, 1.82) is 0 Å². The minimum absolute atomic E-state index is 0.342. The van der Waals surface area contributed by atoms with Crippen LogP contribution in [0.15, 0.2) is 40.6 Å². The van der Waals surface area contributed by atoms with E-state index in [0.717, 1.165) is 5.56 Å². The van der Waals surface area contributed by atoms with E-state index >= 15 is 0 Å². The number of aryl methyl sites for hydroxylation is 1. The van der Waals surface area contributed by atoms with Gasteiger partial charge in [0.1, 0.15) is 0 Å². The number of aliphatic hydroxyl groups is 1. The third-order valence-electron chi connectivity index (χ3n) is 1.94. The van der Waals surface area contributed by atoms with Crippen LogP contribution in [0.4, 0.5) is 0 Å². The predicted molar refractivity (Wildman–Crippen MR) is 58.4 cm³/mol. The van der Waals surface area contributed by atoms with E-state index in [4.69, 9.17) is 0 Å². The highest BCUT2D eigenvalue weighted by molar-refractivity contribution is 7.89. The molecule has 1 N–H and O–H groups in total. The molecule has 0 heterocycles. The molecule has 0 spiro atoms. The fraction of sp³-hybridized carbons (Fsp3) is 0.273. The van der Waals surface area contributed by atoms with Crippen LogP contribution in [0.5, 0.6) is 0 Å². The first-order valence-electron chi connectivity index (χ1n) is 4.37. The van der Waals surface area contributed by atoms with Crippen LogP contribution in [0.2, 0.25) is 0 Å². The summed E-state index contributed by atoms with van der Waals surface area (Å²) in [6, 6.07) is 7.36. The quantitative estimate of drug-likeness (QED) is 0.828. The Morgan fingerprint density at radius 1 is 1.43 bits per heavy atom. The number of benzene rings is 1. The summed E-state index contributed by atoms with van der Waals surface area (Å²) >= 11 is 0. The molecule has 2 nitrogen and oxygen atoms in total. The average Bonchev–Trinajstić information content (AvgIpc) is 2.16. The molecular formula is C11H14O2S. The van der Waals surface area contributed by atoms with Gasteiger partial charge in [-0.15, -0.1) is 0 Å².